The molecule has 0 radical (unpaired) electrons. The number of ether oxygens (including phenoxy) is 2. The van der Waals surface area contributed by atoms with Crippen molar-refractivity contribution in [1.82, 2.24) is 15.5 Å². The van der Waals surface area contributed by atoms with E-state index in [4.69, 9.17) is 4.74 Å². The van der Waals surface area contributed by atoms with E-state index in [0.29, 0.717) is 63.9 Å². The quantitative estimate of drug-likeness (QED) is 0.330. The highest BCUT2D eigenvalue weighted by atomic mass is 19.4. The van der Waals surface area contributed by atoms with Gasteiger partial charge in [-0.2, -0.15) is 0 Å². The minimum atomic E-state index is -4.83. The summed E-state index contributed by atoms with van der Waals surface area (Å²) in [6.45, 7) is 8.39. The molecule has 2 rings (SSSR count). The molecule has 7 nitrogen and oxygen atoms in total. The van der Waals surface area contributed by atoms with E-state index in [0.717, 1.165) is 6.42 Å². The van der Waals surface area contributed by atoms with Crippen LogP contribution in [0.15, 0.2) is 24.3 Å². The molecule has 1 aromatic rings. The first-order valence-electron chi connectivity index (χ1n) is 13.0. The van der Waals surface area contributed by atoms with Crippen molar-refractivity contribution in [1.29, 1.82) is 0 Å². The van der Waals surface area contributed by atoms with Gasteiger partial charge >= 0.3 is 12.4 Å². The second kappa shape index (κ2) is 13.7. The maximum atomic E-state index is 13.2. The van der Waals surface area contributed by atoms with Gasteiger partial charge in [0.2, 0.25) is 0 Å². The Balaban J connectivity index is 2.25. The Kier molecular flexibility index (Phi) is 11.5. The molecule has 1 aromatic carbocycles. The van der Waals surface area contributed by atoms with Crippen LogP contribution in [-0.2, 0) is 10.3 Å². The summed E-state index contributed by atoms with van der Waals surface area (Å²) < 4.78 is 47.8. The molecule has 2 amide bonds. The zero-order valence-electron chi connectivity index (χ0n) is 22.8. The predicted molar refractivity (Wildman–Crippen MR) is 137 cm³/mol. The van der Waals surface area contributed by atoms with Crippen molar-refractivity contribution in [3.05, 3.63) is 29.8 Å². The van der Waals surface area contributed by atoms with Gasteiger partial charge in [-0.25, -0.2) is 4.79 Å². The van der Waals surface area contributed by atoms with Gasteiger partial charge in [0.05, 0.1) is 5.60 Å². The maximum Gasteiger partial charge on any atom is 0.573 e. The van der Waals surface area contributed by atoms with Gasteiger partial charge < -0.3 is 30.1 Å². The number of nitrogens with one attached hydrogen (secondary N) is 2. The number of unbranched alkanes of at least 4 members (excludes halogenated alkanes) is 1. The summed E-state index contributed by atoms with van der Waals surface area (Å²) in [6, 6.07) is 5.32. The number of hydrogen-bond acceptors (Lipinski definition) is 5. The summed E-state index contributed by atoms with van der Waals surface area (Å²) in [5, 5.41) is 18.3. The Morgan fingerprint density at radius 3 is 2.59 bits per heavy atom. The van der Waals surface area contributed by atoms with Crippen LogP contribution in [0.3, 0.4) is 0 Å². The highest BCUT2D eigenvalue weighted by molar-refractivity contribution is 5.74. The third-order valence-electron chi connectivity index (χ3n) is 6.74. The summed E-state index contributed by atoms with van der Waals surface area (Å²) in [4.78, 5) is 15.0. The van der Waals surface area contributed by atoms with Gasteiger partial charge in [-0.15, -0.1) is 13.2 Å². The fourth-order valence-corrected chi connectivity index (χ4v) is 5.16. The molecule has 0 bridgehead atoms. The lowest BCUT2D eigenvalue weighted by molar-refractivity contribution is -0.274. The van der Waals surface area contributed by atoms with Gasteiger partial charge in [-0.05, 0) is 68.7 Å². The topological polar surface area (TPSA) is 83.1 Å². The van der Waals surface area contributed by atoms with Crippen molar-refractivity contribution in [2.24, 2.45) is 11.3 Å². The van der Waals surface area contributed by atoms with Crippen LogP contribution in [0.5, 0.6) is 5.75 Å². The van der Waals surface area contributed by atoms with E-state index in [1.807, 2.05) is 7.05 Å². The molecule has 3 N–H and O–H groups in total. The number of aliphatic hydroxyl groups is 1. The second-order valence-corrected chi connectivity index (χ2v) is 11.2. The first-order valence-corrected chi connectivity index (χ1v) is 13.0. The van der Waals surface area contributed by atoms with Crippen molar-refractivity contribution >= 4 is 6.03 Å². The van der Waals surface area contributed by atoms with E-state index in [-0.39, 0.29) is 29.2 Å². The highest BCUT2D eigenvalue weighted by Gasteiger charge is 2.42. The molecule has 1 unspecified atom stereocenters. The molecule has 10 heteroatoms. The van der Waals surface area contributed by atoms with Crippen LogP contribution >= 0.6 is 0 Å². The van der Waals surface area contributed by atoms with Gasteiger partial charge in [-0.3, -0.25) is 0 Å². The number of benzene rings is 1. The number of alkyl halides is 3. The number of nitrogens with zero attached hydrogens (tertiary/aromatic N) is 1. The molecule has 1 aliphatic rings. The molecule has 3 atom stereocenters. The van der Waals surface area contributed by atoms with Crippen LogP contribution in [0.1, 0.15) is 64.9 Å². The lowest BCUT2D eigenvalue weighted by Gasteiger charge is -2.43. The Hall–Kier alpha value is -2.04. The molecule has 0 aliphatic carbocycles. The number of halogens is 3. The Morgan fingerprint density at radius 1 is 1.24 bits per heavy atom. The molecule has 1 aliphatic heterocycles. The van der Waals surface area contributed by atoms with Crippen LogP contribution in [0, 0.1) is 11.3 Å². The molecular weight excluding hydrogens is 487 g/mol. The lowest BCUT2D eigenvalue weighted by atomic mass is 9.74. The summed E-state index contributed by atoms with van der Waals surface area (Å²) in [6.07, 6.45) is -1.04. The van der Waals surface area contributed by atoms with Crippen molar-refractivity contribution in [3.63, 3.8) is 0 Å². The van der Waals surface area contributed by atoms with E-state index in [1.54, 1.807) is 18.1 Å². The van der Waals surface area contributed by atoms with Crippen molar-refractivity contribution < 1.29 is 32.5 Å². The Labute approximate surface area is 219 Å². The van der Waals surface area contributed by atoms with E-state index >= 15 is 0 Å². The average molecular weight is 532 g/mol. The van der Waals surface area contributed by atoms with Gasteiger partial charge in [0.25, 0.3) is 0 Å². The smallest absolute Gasteiger partial charge is 0.406 e. The number of likely N-dealkylation sites (N-methyl/N-ethyl adjacent to an activating group) is 1. The minimum Gasteiger partial charge on any atom is -0.406 e. The van der Waals surface area contributed by atoms with E-state index in [2.05, 4.69) is 36.1 Å². The first kappa shape index (κ1) is 31.2. The molecule has 212 valence electrons. The lowest BCUT2D eigenvalue weighted by Crippen LogP contribution is -2.54. The molecule has 0 aromatic heterocycles. The minimum absolute atomic E-state index is 0.0329. The monoisotopic (exact) mass is 531 g/mol. The molecule has 1 saturated heterocycles. The van der Waals surface area contributed by atoms with Crippen LogP contribution in [0.2, 0.25) is 0 Å². The standard InChI is InChI=1S/C27H44F3N3O4/c1-25(2,3)17-22(18-31-4)32-24(34)33-14-9-11-21(19-33)26(35,13-6-7-15-36-5)20-10-8-12-23(16-20)37-27(28,29)30/h8,10,12,16,21-22,31,35H,6-7,9,11,13-15,17-19H2,1-5H3,(H,32,34)/t21-,22?,26-/m1/s1. The fourth-order valence-electron chi connectivity index (χ4n) is 5.16. The van der Waals surface area contributed by atoms with Crippen LogP contribution in [-0.4, -0.2) is 68.8 Å². The van der Waals surface area contributed by atoms with Crippen molar-refractivity contribution in [2.45, 2.75) is 77.3 Å². The summed E-state index contributed by atoms with van der Waals surface area (Å²) in [5.74, 6) is -0.719. The largest absolute Gasteiger partial charge is 0.573 e. The van der Waals surface area contributed by atoms with Crippen LogP contribution < -0.4 is 15.4 Å². The third kappa shape index (κ3) is 10.3. The van der Waals surface area contributed by atoms with Gasteiger partial charge in [0.1, 0.15) is 5.75 Å². The zero-order valence-corrected chi connectivity index (χ0v) is 22.8. The van der Waals surface area contributed by atoms with Gasteiger partial charge in [-0.1, -0.05) is 32.9 Å². The maximum absolute atomic E-state index is 13.2. The molecule has 0 saturated carbocycles. The summed E-state index contributed by atoms with van der Waals surface area (Å²) >= 11 is 0. The fraction of sp³-hybridized carbons (Fsp3) is 0.741. The molecule has 37 heavy (non-hydrogen) atoms. The van der Waals surface area contributed by atoms with Crippen LogP contribution in [0.4, 0.5) is 18.0 Å². The Morgan fingerprint density at radius 2 is 1.97 bits per heavy atom. The summed E-state index contributed by atoms with van der Waals surface area (Å²) in [7, 11) is 3.45. The van der Waals surface area contributed by atoms with E-state index < -0.39 is 12.0 Å². The number of carbonyl (C=O) groups is 1. The number of urea groups is 1. The number of likely N-dealkylation sites (tertiary alicyclic amines) is 1. The number of carbonyl (C=O) groups excluding carboxylic acids is 1. The molecule has 0 spiro atoms. The zero-order chi connectivity index (χ0) is 27.7. The van der Waals surface area contributed by atoms with Crippen molar-refractivity contribution in [2.75, 3.05) is 40.4 Å². The average Bonchev–Trinajstić information content (AvgIpc) is 2.80. The van der Waals surface area contributed by atoms with Gasteiger partial charge in [0, 0.05) is 45.3 Å². The second-order valence-electron chi connectivity index (χ2n) is 11.2. The predicted octanol–water partition coefficient (Wildman–Crippen LogP) is 5.04. The van der Waals surface area contributed by atoms with Gasteiger partial charge in [0.15, 0.2) is 0 Å². The molecule has 1 fully saturated rings. The normalized spacial score (nSPS) is 19.3. The number of rotatable bonds is 12. The number of methoxy groups -OCH3 is 1. The number of piperidine rings is 1. The highest BCUT2D eigenvalue weighted by Crippen LogP contribution is 2.41. The van der Waals surface area contributed by atoms with Crippen LogP contribution in [0.25, 0.3) is 0 Å². The SMILES string of the molecule is CNCC(CC(C)(C)C)NC(=O)N1CCC[C@@H]([C@@](O)(CCCCOC)c2cccc(OC(F)(F)F)c2)C1. The van der Waals surface area contributed by atoms with Crippen molar-refractivity contribution in [3.8, 4) is 5.75 Å². The summed E-state index contributed by atoms with van der Waals surface area (Å²) in [5.41, 5.74) is -1.03. The van der Waals surface area contributed by atoms with E-state index in [1.165, 1.54) is 18.2 Å². The number of amides is 2. The number of hydrogen-bond donors (Lipinski definition) is 3. The third-order valence-corrected chi connectivity index (χ3v) is 6.74. The molecule has 1 heterocycles. The molecular formula is C27H44F3N3O4. The Bertz CT molecular complexity index is 847. The first-order chi connectivity index (χ1) is 17.3. The van der Waals surface area contributed by atoms with E-state index in [9.17, 15) is 23.1 Å².